The van der Waals surface area contributed by atoms with Crippen molar-refractivity contribution in [3.8, 4) is 5.75 Å². The maximum atomic E-state index is 13.9. The summed E-state index contributed by atoms with van der Waals surface area (Å²) in [7, 11) is 1.66. The lowest BCUT2D eigenvalue weighted by Gasteiger charge is -2.36. The Morgan fingerprint density at radius 3 is 2.41 bits per heavy atom. The van der Waals surface area contributed by atoms with E-state index in [1.54, 1.807) is 7.11 Å². The molecule has 1 aromatic heterocycles. The normalized spacial score (nSPS) is 18.0. The predicted octanol–water partition coefficient (Wildman–Crippen LogP) is 6.28. The molecular weight excluding hydrogens is 424 g/mol. The molecule has 1 N–H and O–H groups in total. The summed E-state index contributed by atoms with van der Waals surface area (Å²) in [5.74, 6) is 0.750. The first-order chi connectivity index (χ1) is 16.3. The molecule has 2 aliphatic rings. The second-order valence-electron chi connectivity index (χ2n) is 10.6. The van der Waals surface area contributed by atoms with Crippen LogP contribution in [-0.4, -0.2) is 23.9 Å². The van der Waals surface area contributed by atoms with Gasteiger partial charge in [0, 0.05) is 16.3 Å². The van der Waals surface area contributed by atoms with Crippen LogP contribution >= 0.6 is 0 Å². The third-order valence-electron chi connectivity index (χ3n) is 7.74. The van der Waals surface area contributed by atoms with E-state index in [0.717, 1.165) is 52.4 Å². The van der Waals surface area contributed by atoms with Crippen LogP contribution in [0.4, 0.5) is 5.69 Å². The molecule has 5 heteroatoms. The molecule has 5 nitrogen and oxygen atoms in total. The van der Waals surface area contributed by atoms with E-state index in [2.05, 4.69) is 25.8 Å². The lowest BCUT2D eigenvalue weighted by atomic mass is 9.69. The average molecular weight is 453 g/mol. The van der Waals surface area contributed by atoms with Crippen LogP contribution in [0, 0.1) is 11.3 Å². The molecule has 0 fully saturated rings. The van der Waals surface area contributed by atoms with Gasteiger partial charge in [-0.05, 0) is 72.1 Å². The van der Waals surface area contributed by atoms with Gasteiger partial charge < -0.3 is 9.72 Å². The number of carbonyl (C=O) groups is 2. The van der Waals surface area contributed by atoms with Crippen molar-refractivity contribution in [1.29, 1.82) is 0 Å². The summed E-state index contributed by atoms with van der Waals surface area (Å²) in [6.45, 7) is 6.80. The number of hydrogen-bond donors (Lipinski definition) is 1. The first kappa shape index (κ1) is 21.0. The van der Waals surface area contributed by atoms with Gasteiger partial charge in [0.2, 0.25) is 0 Å². The number of fused-ring (bicyclic) bond motifs is 8. The minimum absolute atomic E-state index is 0.119. The number of benzene rings is 3. The zero-order valence-corrected chi connectivity index (χ0v) is 20.0. The van der Waals surface area contributed by atoms with Crippen molar-refractivity contribution in [2.45, 2.75) is 40.0 Å². The van der Waals surface area contributed by atoms with Gasteiger partial charge in [-0.1, -0.05) is 39.0 Å². The SMILES string of the molecule is COc1ccc2[nH]c3c4c(c5c(c3c2c1)CCC(C(C)(C)C)C5)C(=O)N(c1ccccc1)C4=O. The molecule has 2 amide bonds. The van der Waals surface area contributed by atoms with Crippen LogP contribution in [-0.2, 0) is 12.8 Å². The molecule has 1 unspecified atom stereocenters. The zero-order chi connectivity index (χ0) is 23.8. The minimum Gasteiger partial charge on any atom is -0.497 e. The number of anilines is 1. The van der Waals surface area contributed by atoms with E-state index in [0.29, 0.717) is 22.7 Å². The number of carbonyl (C=O) groups excluding carboxylic acids is 2. The predicted molar refractivity (Wildman–Crippen MR) is 135 cm³/mol. The van der Waals surface area contributed by atoms with Crippen molar-refractivity contribution < 1.29 is 14.3 Å². The van der Waals surface area contributed by atoms with Crippen LogP contribution in [0.2, 0.25) is 0 Å². The highest BCUT2D eigenvalue weighted by molar-refractivity contribution is 6.39. The zero-order valence-electron chi connectivity index (χ0n) is 20.0. The molecule has 6 rings (SSSR count). The van der Waals surface area contributed by atoms with Gasteiger partial charge >= 0.3 is 0 Å². The van der Waals surface area contributed by atoms with E-state index >= 15 is 0 Å². The number of aryl methyl sites for hydroxylation is 1. The summed E-state index contributed by atoms with van der Waals surface area (Å²) in [6.07, 6.45) is 2.75. The van der Waals surface area contributed by atoms with Crippen LogP contribution in [0.25, 0.3) is 21.8 Å². The molecule has 1 aliphatic heterocycles. The lowest BCUT2D eigenvalue weighted by molar-refractivity contribution is 0.0926. The van der Waals surface area contributed by atoms with E-state index in [1.807, 2.05) is 48.5 Å². The molecule has 3 aromatic carbocycles. The summed E-state index contributed by atoms with van der Waals surface area (Å²) < 4.78 is 5.51. The highest BCUT2D eigenvalue weighted by Gasteiger charge is 2.44. The van der Waals surface area contributed by atoms with E-state index in [-0.39, 0.29) is 17.2 Å². The number of nitrogens with one attached hydrogen (secondary N) is 1. The van der Waals surface area contributed by atoms with Gasteiger partial charge in [0.15, 0.2) is 0 Å². The van der Waals surface area contributed by atoms with Crippen molar-refractivity contribution in [1.82, 2.24) is 4.98 Å². The number of H-pyrrole nitrogens is 1. The number of aromatic amines is 1. The molecule has 0 spiro atoms. The number of hydrogen-bond acceptors (Lipinski definition) is 3. The Morgan fingerprint density at radius 2 is 1.71 bits per heavy atom. The molecule has 172 valence electrons. The molecule has 0 bridgehead atoms. The van der Waals surface area contributed by atoms with Gasteiger partial charge in [-0.25, -0.2) is 4.90 Å². The van der Waals surface area contributed by atoms with Crippen molar-refractivity contribution in [2.24, 2.45) is 11.3 Å². The number of methoxy groups -OCH3 is 1. The molecule has 1 atom stereocenters. The van der Waals surface area contributed by atoms with Crippen LogP contribution in [0.5, 0.6) is 5.75 Å². The summed E-state index contributed by atoms with van der Waals surface area (Å²) in [6, 6.07) is 15.2. The molecule has 0 saturated heterocycles. The number of aromatic nitrogens is 1. The molecule has 1 aliphatic carbocycles. The number of ether oxygens (including phenoxy) is 1. The summed E-state index contributed by atoms with van der Waals surface area (Å²) in [5, 5.41) is 2.10. The standard InChI is InChI=1S/C29H28N2O3/c1-29(2,3)16-10-12-19-20(14-16)24-25(28(33)31(27(24)32)17-8-6-5-7-9-17)26-23(19)21-15-18(34-4)11-13-22(21)30-26/h5-9,11,13,15-16,30H,10,12,14H2,1-4H3. The number of rotatable bonds is 2. The van der Waals surface area contributed by atoms with E-state index < -0.39 is 0 Å². The topological polar surface area (TPSA) is 62.4 Å². The number of imide groups is 1. The third kappa shape index (κ3) is 2.86. The smallest absolute Gasteiger partial charge is 0.268 e. The first-order valence-corrected chi connectivity index (χ1v) is 11.9. The van der Waals surface area contributed by atoms with Crippen molar-refractivity contribution in [3.05, 3.63) is 70.8 Å². The van der Waals surface area contributed by atoms with Crippen LogP contribution in [0.1, 0.15) is 59.0 Å². The second kappa shape index (κ2) is 7.20. The number of para-hydroxylation sites is 1. The Bertz CT molecular complexity index is 1490. The maximum absolute atomic E-state index is 13.9. The summed E-state index contributed by atoms with van der Waals surface area (Å²) >= 11 is 0. The Kier molecular flexibility index (Phi) is 4.44. The summed E-state index contributed by atoms with van der Waals surface area (Å²) in [4.78, 5) is 32.5. The van der Waals surface area contributed by atoms with Crippen LogP contribution in [0.15, 0.2) is 48.5 Å². The van der Waals surface area contributed by atoms with E-state index in [9.17, 15) is 9.59 Å². The Balaban J connectivity index is 1.69. The third-order valence-corrected chi connectivity index (χ3v) is 7.74. The van der Waals surface area contributed by atoms with Gasteiger partial charge in [-0.2, -0.15) is 0 Å². The fourth-order valence-electron chi connectivity index (χ4n) is 5.86. The van der Waals surface area contributed by atoms with E-state index in [4.69, 9.17) is 4.74 Å². The second-order valence-corrected chi connectivity index (χ2v) is 10.6. The molecule has 2 heterocycles. The van der Waals surface area contributed by atoms with Crippen molar-refractivity contribution >= 4 is 39.3 Å². The van der Waals surface area contributed by atoms with Gasteiger partial charge in [-0.15, -0.1) is 0 Å². The summed E-state index contributed by atoms with van der Waals surface area (Å²) in [5.41, 5.74) is 5.78. The molecule has 34 heavy (non-hydrogen) atoms. The van der Waals surface area contributed by atoms with Crippen LogP contribution < -0.4 is 9.64 Å². The van der Waals surface area contributed by atoms with Crippen molar-refractivity contribution in [3.63, 3.8) is 0 Å². The number of amides is 2. The molecule has 0 radical (unpaired) electrons. The first-order valence-electron chi connectivity index (χ1n) is 11.9. The highest BCUT2D eigenvalue weighted by atomic mass is 16.5. The molecular formula is C29H28N2O3. The van der Waals surface area contributed by atoms with Crippen LogP contribution in [0.3, 0.4) is 0 Å². The maximum Gasteiger partial charge on any atom is 0.268 e. The molecule has 4 aromatic rings. The van der Waals surface area contributed by atoms with Gasteiger partial charge in [0.05, 0.1) is 29.4 Å². The lowest BCUT2D eigenvalue weighted by Crippen LogP contribution is -2.30. The Morgan fingerprint density at radius 1 is 0.971 bits per heavy atom. The fraction of sp³-hybridized carbons (Fsp3) is 0.310. The fourth-order valence-corrected chi connectivity index (χ4v) is 5.86. The highest BCUT2D eigenvalue weighted by Crippen LogP contribution is 2.47. The largest absolute Gasteiger partial charge is 0.497 e. The quantitative estimate of drug-likeness (QED) is 0.364. The monoisotopic (exact) mass is 452 g/mol. The van der Waals surface area contributed by atoms with Gasteiger partial charge in [0.1, 0.15) is 5.75 Å². The average Bonchev–Trinajstić information content (AvgIpc) is 3.33. The Hall–Kier alpha value is -3.60. The van der Waals surface area contributed by atoms with Gasteiger partial charge in [-0.3, -0.25) is 9.59 Å². The molecule has 0 saturated carbocycles. The minimum atomic E-state index is -0.254. The van der Waals surface area contributed by atoms with Gasteiger partial charge in [0.25, 0.3) is 11.8 Å². The Labute approximate surface area is 198 Å². The van der Waals surface area contributed by atoms with E-state index in [1.165, 1.54) is 10.5 Å². The van der Waals surface area contributed by atoms with Crippen molar-refractivity contribution in [2.75, 3.05) is 12.0 Å². The number of nitrogens with zero attached hydrogens (tertiary/aromatic N) is 1.